The molecule has 0 radical (unpaired) electrons. The summed E-state index contributed by atoms with van der Waals surface area (Å²) < 4.78 is 49.1. The summed E-state index contributed by atoms with van der Waals surface area (Å²) in [7, 11) is -3.22. The van der Waals surface area contributed by atoms with Crippen molar-refractivity contribution in [2.45, 2.75) is 19.6 Å². The largest absolute Gasteiger partial charge is 0.487 e. The predicted molar refractivity (Wildman–Crippen MR) is 159 cm³/mol. The molecule has 5 rings (SSSR count). The zero-order valence-corrected chi connectivity index (χ0v) is 24.0. The standard InChI is InChI=1S/C30H28ClFN4O4S/c1-3-33-26(17-41(2,37)38)29-12-11-27(40-29)20-7-9-25-23(14-20)30(35-18-34-25)36-22-8-10-28(24(31)15-22)39-16-19-5-4-6-21(32)13-19/h4-15,18,26,33H,3,16-17H2,1-2H3,(H,34,35,36)/t26-/m1/s1. The maximum atomic E-state index is 13.5. The summed E-state index contributed by atoms with van der Waals surface area (Å²) >= 11 is 6.48. The Hall–Kier alpha value is -3.99. The molecule has 0 unspecified atom stereocenters. The number of aromatic nitrogens is 2. The maximum absolute atomic E-state index is 13.5. The third kappa shape index (κ3) is 7.21. The molecule has 0 saturated carbocycles. The molecule has 0 aliphatic heterocycles. The highest BCUT2D eigenvalue weighted by Gasteiger charge is 2.20. The Morgan fingerprint density at radius 1 is 1.05 bits per heavy atom. The summed E-state index contributed by atoms with van der Waals surface area (Å²) in [4.78, 5) is 8.81. The Labute approximate surface area is 242 Å². The number of rotatable bonds is 11. The normalized spacial score (nSPS) is 12.4. The van der Waals surface area contributed by atoms with Gasteiger partial charge in [-0.1, -0.05) is 30.7 Å². The number of furan rings is 1. The first-order valence-corrected chi connectivity index (χ1v) is 15.3. The highest BCUT2D eigenvalue weighted by molar-refractivity contribution is 7.90. The third-order valence-electron chi connectivity index (χ3n) is 6.29. The smallest absolute Gasteiger partial charge is 0.149 e. The summed E-state index contributed by atoms with van der Waals surface area (Å²) in [5.74, 6) is 1.78. The molecule has 41 heavy (non-hydrogen) atoms. The van der Waals surface area contributed by atoms with Gasteiger partial charge in [0.2, 0.25) is 0 Å². The molecule has 0 aliphatic carbocycles. The van der Waals surface area contributed by atoms with Gasteiger partial charge in [0.25, 0.3) is 0 Å². The maximum Gasteiger partial charge on any atom is 0.149 e. The van der Waals surface area contributed by atoms with Crippen LogP contribution in [0.4, 0.5) is 15.9 Å². The first-order valence-electron chi connectivity index (χ1n) is 12.9. The highest BCUT2D eigenvalue weighted by atomic mass is 35.5. The lowest BCUT2D eigenvalue weighted by Gasteiger charge is -2.14. The minimum absolute atomic E-state index is 0.0649. The van der Waals surface area contributed by atoms with Crippen LogP contribution in [0.25, 0.3) is 22.2 Å². The zero-order valence-electron chi connectivity index (χ0n) is 22.4. The van der Waals surface area contributed by atoms with Crippen LogP contribution in [0.1, 0.15) is 24.3 Å². The van der Waals surface area contributed by atoms with Gasteiger partial charge in [0, 0.05) is 22.9 Å². The van der Waals surface area contributed by atoms with Crippen molar-refractivity contribution in [1.82, 2.24) is 15.3 Å². The fraction of sp³-hybridized carbons (Fsp3) is 0.200. The summed E-state index contributed by atoms with van der Waals surface area (Å²) in [6.07, 6.45) is 2.68. The van der Waals surface area contributed by atoms with Crippen LogP contribution in [0.5, 0.6) is 5.75 Å². The number of sulfone groups is 1. The number of fused-ring (bicyclic) bond motifs is 1. The van der Waals surface area contributed by atoms with E-state index in [0.717, 1.165) is 16.5 Å². The minimum atomic E-state index is -3.22. The second-order valence-corrected chi connectivity index (χ2v) is 12.1. The Morgan fingerprint density at radius 2 is 1.90 bits per heavy atom. The van der Waals surface area contributed by atoms with Crippen LogP contribution in [0.2, 0.25) is 5.02 Å². The summed E-state index contributed by atoms with van der Waals surface area (Å²) in [5.41, 5.74) is 2.90. The van der Waals surface area contributed by atoms with Crippen LogP contribution in [0.3, 0.4) is 0 Å². The van der Waals surface area contributed by atoms with Gasteiger partial charge in [0.05, 0.1) is 22.3 Å². The number of anilines is 2. The molecule has 212 valence electrons. The van der Waals surface area contributed by atoms with Crippen molar-refractivity contribution < 1.29 is 22.0 Å². The van der Waals surface area contributed by atoms with Gasteiger partial charge in [-0.3, -0.25) is 0 Å². The lowest BCUT2D eigenvalue weighted by molar-refractivity contribution is 0.306. The fourth-order valence-corrected chi connectivity index (χ4v) is 5.54. The Kier molecular flexibility index (Phi) is 8.53. The molecular formula is C30H28ClFN4O4S. The second kappa shape index (κ2) is 12.3. The first kappa shape index (κ1) is 28.5. The van der Waals surface area contributed by atoms with Gasteiger partial charge in [-0.05, 0) is 72.8 Å². The van der Waals surface area contributed by atoms with Crippen LogP contribution < -0.4 is 15.4 Å². The monoisotopic (exact) mass is 594 g/mol. The third-order valence-corrected chi connectivity index (χ3v) is 7.52. The summed E-state index contributed by atoms with van der Waals surface area (Å²) in [6.45, 7) is 2.70. The number of nitrogens with one attached hydrogen (secondary N) is 2. The molecule has 0 fully saturated rings. The lowest BCUT2D eigenvalue weighted by atomic mass is 10.1. The van der Waals surface area contributed by atoms with Gasteiger partial charge in [-0.2, -0.15) is 0 Å². The molecule has 2 N–H and O–H groups in total. The van der Waals surface area contributed by atoms with Gasteiger partial charge in [-0.25, -0.2) is 22.8 Å². The molecule has 0 bridgehead atoms. The molecule has 0 amide bonds. The van der Waals surface area contributed by atoms with E-state index in [1.54, 1.807) is 30.3 Å². The topological polar surface area (TPSA) is 106 Å². The average molecular weight is 595 g/mol. The first-order chi connectivity index (χ1) is 19.7. The number of ether oxygens (including phenoxy) is 1. The van der Waals surface area contributed by atoms with Crippen molar-refractivity contribution >= 4 is 43.8 Å². The van der Waals surface area contributed by atoms with Crippen molar-refractivity contribution in [2.24, 2.45) is 0 Å². The van der Waals surface area contributed by atoms with Gasteiger partial charge in [0.15, 0.2) is 0 Å². The number of hydrogen-bond acceptors (Lipinski definition) is 8. The van der Waals surface area contributed by atoms with Crippen molar-refractivity contribution in [1.29, 1.82) is 0 Å². The number of nitrogens with zero attached hydrogens (tertiary/aromatic N) is 2. The van der Waals surface area contributed by atoms with Crippen LogP contribution >= 0.6 is 11.6 Å². The quantitative estimate of drug-likeness (QED) is 0.174. The van der Waals surface area contributed by atoms with E-state index in [4.69, 9.17) is 20.8 Å². The van der Waals surface area contributed by atoms with Crippen molar-refractivity contribution in [3.05, 3.63) is 101 Å². The van der Waals surface area contributed by atoms with Crippen molar-refractivity contribution in [2.75, 3.05) is 23.9 Å². The number of benzene rings is 3. The Balaban J connectivity index is 1.37. The molecule has 0 spiro atoms. The molecule has 8 nitrogen and oxygen atoms in total. The molecule has 1 atom stereocenters. The molecule has 2 heterocycles. The van der Waals surface area contributed by atoms with E-state index in [1.807, 2.05) is 37.3 Å². The van der Waals surface area contributed by atoms with E-state index in [2.05, 4.69) is 20.6 Å². The van der Waals surface area contributed by atoms with Crippen LogP contribution in [0.15, 0.2) is 83.5 Å². The number of hydrogen-bond donors (Lipinski definition) is 2. The molecule has 0 aliphatic rings. The van der Waals surface area contributed by atoms with Gasteiger partial charge >= 0.3 is 0 Å². The Morgan fingerprint density at radius 3 is 2.66 bits per heavy atom. The predicted octanol–water partition coefficient (Wildman–Crippen LogP) is 6.70. The molecule has 5 aromatic rings. The molecule has 11 heteroatoms. The van der Waals surface area contributed by atoms with Crippen LogP contribution in [0, 0.1) is 5.82 Å². The molecule has 0 saturated heterocycles. The number of halogens is 2. The second-order valence-electron chi connectivity index (χ2n) is 9.55. The van der Waals surface area contributed by atoms with Gasteiger partial charge in [-0.15, -0.1) is 0 Å². The average Bonchev–Trinajstić information content (AvgIpc) is 3.42. The van der Waals surface area contributed by atoms with Gasteiger partial charge in [0.1, 0.15) is 51.7 Å². The zero-order chi connectivity index (χ0) is 29.0. The van der Waals surface area contributed by atoms with E-state index in [0.29, 0.717) is 45.9 Å². The molecular weight excluding hydrogens is 567 g/mol. The van der Waals surface area contributed by atoms with Crippen molar-refractivity contribution in [3.63, 3.8) is 0 Å². The molecule has 2 aromatic heterocycles. The van der Waals surface area contributed by atoms with Crippen LogP contribution in [-0.2, 0) is 16.4 Å². The van der Waals surface area contributed by atoms with E-state index < -0.39 is 15.9 Å². The van der Waals surface area contributed by atoms with Crippen molar-refractivity contribution in [3.8, 4) is 17.1 Å². The van der Waals surface area contributed by atoms with E-state index >= 15 is 0 Å². The summed E-state index contributed by atoms with van der Waals surface area (Å²) in [6, 6.07) is 20.3. The van der Waals surface area contributed by atoms with Gasteiger partial charge < -0.3 is 19.8 Å². The van der Waals surface area contributed by atoms with E-state index in [-0.39, 0.29) is 18.2 Å². The molecule has 3 aromatic carbocycles. The Bertz CT molecular complexity index is 1790. The lowest BCUT2D eigenvalue weighted by Crippen LogP contribution is -2.27. The summed E-state index contributed by atoms with van der Waals surface area (Å²) in [5, 5.41) is 7.61. The van der Waals surface area contributed by atoms with E-state index in [9.17, 15) is 12.8 Å². The van der Waals surface area contributed by atoms with Crippen LogP contribution in [-0.4, -0.2) is 36.9 Å². The minimum Gasteiger partial charge on any atom is -0.487 e. The highest BCUT2D eigenvalue weighted by Crippen LogP contribution is 2.33. The fourth-order valence-electron chi connectivity index (χ4n) is 4.42. The van der Waals surface area contributed by atoms with E-state index in [1.165, 1.54) is 24.7 Å². The SMILES string of the molecule is CCN[C@H](CS(C)(=O)=O)c1ccc(-c2ccc3ncnc(Nc4ccc(OCc5cccc(F)c5)c(Cl)c4)c3c2)o1.